The Bertz CT molecular complexity index is 1490. The van der Waals surface area contributed by atoms with Crippen molar-refractivity contribution >= 4 is 33.9 Å². The van der Waals surface area contributed by atoms with Crippen LogP contribution < -0.4 is 0 Å². The van der Waals surface area contributed by atoms with Gasteiger partial charge in [-0.2, -0.15) is 0 Å². The van der Waals surface area contributed by atoms with Gasteiger partial charge in [0.25, 0.3) is 0 Å². The molecule has 0 fully saturated rings. The van der Waals surface area contributed by atoms with E-state index < -0.39 is 0 Å². The Labute approximate surface area is 219 Å². The Kier molecular flexibility index (Phi) is 7.43. The molecule has 0 unspecified atom stereocenters. The number of aromatic amines is 2. The lowest BCUT2D eigenvalue weighted by Crippen LogP contribution is -2.09. The monoisotopic (exact) mass is 512 g/mol. The van der Waals surface area contributed by atoms with Gasteiger partial charge in [0.1, 0.15) is 24.9 Å². The van der Waals surface area contributed by atoms with Crippen molar-refractivity contribution in [2.75, 3.05) is 40.6 Å². The van der Waals surface area contributed by atoms with Gasteiger partial charge in [0.15, 0.2) is 0 Å². The van der Waals surface area contributed by atoms with Crippen LogP contribution in [0.5, 0.6) is 0 Å². The predicted octanol–water partition coefficient (Wildman–Crippen LogP) is 4.75. The first kappa shape index (κ1) is 25.1. The van der Waals surface area contributed by atoms with Crippen molar-refractivity contribution in [3.63, 3.8) is 0 Å². The molecule has 0 spiro atoms. The van der Waals surface area contributed by atoms with Crippen molar-refractivity contribution in [1.82, 2.24) is 19.9 Å². The van der Waals surface area contributed by atoms with E-state index in [1.54, 1.807) is 14.2 Å². The van der Waals surface area contributed by atoms with Gasteiger partial charge in [0.05, 0.1) is 35.3 Å². The minimum absolute atomic E-state index is 0.0896. The number of H-pyrrole nitrogens is 2. The summed E-state index contributed by atoms with van der Waals surface area (Å²) in [5.74, 6) is 1.61. The number of benzene rings is 3. The van der Waals surface area contributed by atoms with Crippen LogP contribution in [0.15, 0.2) is 60.7 Å². The van der Waals surface area contributed by atoms with E-state index in [-0.39, 0.29) is 11.8 Å². The minimum atomic E-state index is 0.0896. The van der Waals surface area contributed by atoms with Crippen molar-refractivity contribution < 1.29 is 18.9 Å². The summed E-state index contributed by atoms with van der Waals surface area (Å²) in [4.78, 5) is 16.2. The number of fused-ring (bicyclic) bond motifs is 2. The molecule has 38 heavy (non-hydrogen) atoms. The molecule has 0 atom stereocenters. The highest BCUT2D eigenvalue weighted by molar-refractivity contribution is 5.96. The van der Waals surface area contributed by atoms with Gasteiger partial charge in [-0.15, -0.1) is 0 Å². The van der Waals surface area contributed by atoms with Crippen LogP contribution in [0.2, 0.25) is 0 Å². The van der Waals surface area contributed by atoms with E-state index in [9.17, 15) is 0 Å². The molecule has 0 amide bonds. The maximum atomic E-state index is 8.15. The Balaban J connectivity index is 1.38. The fraction of sp³-hybridized carbons (Fsp3) is 0.214. The van der Waals surface area contributed by atoms with Gasteiger partial charge in [-0.25, -0.2) is 9.97 Å². The first-order valence-corrected chi connectivity index (χ1v) is 12.1. The maximum Gasteiger partial charge on any atom is 0.213 e. The largest absolute Gasteiger partial charge is 0.475 e. The average molecular weight is 513 g/mol. The van der Waals surface area contributed by atoms with E-state index in [0.717, 1.165) is 33.2 Å². The summed E-state index contributed by atoms with van der Waals surface area (Å²) in [6.07, 6.45) is 0. The molecule has 0 bridgehead atoms. The van der Waals surface area contributed by atoms with Gasteiger partial charge in [-0.3, -0.25) is 10.8 Å². The third-order valence-corrected chi connectivity index (χ3v) is 5.97. The SMILES string of the molecule is COCCOC(=N)c1ccc2nc(-c3cccc(-c4nc5ccc(C(=N)OCCOC)cc5[nH]4)c3)[nH]c2c1. The topological polar surface area (TPSA) is 142 Å². The first-order chi connectivity index (χ1) is 18.6. The predicted molar refractivity (Wildman–Crippen MR) is 146 cm³/mol. The quantitative estimate of drug-likeness (QED) is 0.121. The molecule has 0 aliphatic carbocycles. The zero-order chi connectivity index (χ0) is 26.5. The lowest BCUT2D eigenvalue weighted by Gasteiger charge is -2.06. The Hall–Kier alpha value is -4.54. The lowest BCUT2D eigenvalue weighted by atomic mass is 10.1. The third kappa shape index (κ3) is 5.41. The minimum Gasteiger partial charge on any atom is -0.475 e. The highest BCUT2D eigenvalue weighted by Crippen LogP contribution is 2.27. The fourth-order valence-corrected chi connectivity index (χ4v) is 4.01. The molecular formula is C28H28N6O4. The van der Waals surface area contributed by atoms with Crippen LogP contribution in [0.3, 0.4) is 0 Å². The number of nitrogens with one attached hydrogen (secondary N) is 4. The van der Waals surface area contributed by atoms with Gasteiger partial charge in [-0.05, 0) is 42.5 Å². The molecular weight excluding hydrogens is 484 g/mol. The van der Waals surface area contributed by atoms with Crippen molar-refractivity contribution in [2.24, 2.45) is 0 Å². The van der Waals surface area contributed by atoms with Crippen molar-refractivity contribution in [1.29, 1.82) is 10.8 Å². The molecule has 10 heteroatoms. The molecule has 0 radical (unpaired) electrons. The van der Waals surface area contributed by atoms with E-state index in [4.69, 9.17) is 39.7 Å². The smallest absolute Gasteiger partial charge is 0.213 e. The number of methoxy groups -OCH3 is 2. The first-order valence-electron chi connectivity index (χ1n) is 12.1. The molecule has 2 aromatic heterocycles. The Morgan fingerprint density at radius 3 is 1.58 bits per heavy atom. The normalized spacial score (nSPS) is 11.2. The molecule has 0 aliphatic rings. The van der Waals surface area contributed by atoms with E-state index in [1.807, 2.05) is 60.7 Å². The van der Waals surface area contributed by atoms with Crippen LogP contribution in [-0.4, -0.2) is 72.4 Å². The second-order valence-corrected chi connectivity index (χ2v) is 8.56. The number of aromatic nitrogens is 4. The van der Waals surface area contributed by atoms with E-state index in [2.05, 4.69) is 9.97 Å². The average Bonchev–Trinajstić information content (AvgIpc) is 3.57. The maximum absolute atomic E-state index is 8.15. The molecule has 3 aromatic carbocycles. The number of hydrogen-bond acceptors (Lipinski definition) is 8. The van der Waals surface area contributed by atoms with E-state index >= 15 is 0 Å². The van der Waals surface area contributed by atoms with E-state index in [1.165, 1.54) is 0 Å². The van der Waals surface area contributed by atoms with Crippen LogP contribution >= 0.6 is 0 Å². The van der Waals surface area contributed by atoms with Crippen LogP contribution in [-0.2, 0) is 18.9 Å². The number of imidazole rings is 2. The molecule has 4 N–H and O–H groups in total. The van der Waals surface area contributed by atoms with Crippen molar-refractivity contribution in [3.8, 4) is 22.8 Å². The summed E-state index contributed by atoms with van der Waals surface area (Å²) < 4.78 is 20.8. The number of hydrogen-bond donors (Lipinski definition) is 4. The van der Waals surface area contributed by atoms with Crippen LogP contribution in [0.25, 0.3) is 44.8 Å². The van der Waals surface area contributed by atoms with E-state index in [0.29, 0.717) is 49.2 Å². The summed E-state index contributed by atoms with van der Waals surface area (Å²) in [5, 5.41) is 16.3. The summed E-state index contributed by atoms with van der Waals surface area (Å²) in [5.41, 5.74) is 6.36. The van der Waals surface area contributed by atoms with Crippen molar-refractivity contribution in [3.05, 3.63) is 71.8 Å². The zero-order valence-electron chi connectivity index (χ0n) is 21.1. The van der Waals surface area contributed by atoms with Gasteiger partial charge >= 0.3 is 0 Å². The van der Waals surface area contributed by atoms with Crippen LogP contribution in [0, 0.1) is 10.8 Å². The molecule has 194 valence electrons. The highest BCUT2D eigenvalue weighted by Gasteiger charge is 2.12. The van der Waals surface area contributed by atoms with Gasteiger partial charge in [0.2, 0.25) is 11.8 Å². The Morgan fingerprint density at radius 2 is 1.13 bits per heavy atom. The Morgan fingerprint density at radius 1 is 0.658 bits per heavy atom. The fourth-order valence-electron chi connectivity index (χ4n) is 4.01. The highest BCUT2D eigenvalue weighted by atomic mass is 16.5. The summed E-state index contributed by atoms with van der Waals surface area (Å²) >= 11 is 0. The van der Waals surface area contributed by atoms with Gasteiger partial charge in [-0.1, -0.05) is 18.2 Å². The summed E-state index contributed by atoms with van der Waals surface area (Å²) in [6, 6.07) is 19.0. The zero-order valence-corrected chi connectivity index (χ0v) is 21.1. The second kappa shape index (κ2) is 11.2. The summed E-state index contributed by atoms with van der Waals surface area (Å²) in [6.45, 7) is 1.49. The van der Waals surface area contributed by atoms with Crippen LogP contribution in [0.1, 0.15) is 11.1 Å². The molecule has 10 nitrogen and oxygen atoms in total. The molecule has 0 aliphatic heterocycles. The second-order valence-electron chi connectivity index (χ2n) is 8.56. The molecule has 5 rings (SSSR count). The lowest BCUT2D eigenvalue weighted by molar-refractivity contribution is 0.141. The number of rotatable bonds is 10. The standard InChI is InChI=1S/C28H28N6O4/c1-35-10-12-37-25(29)17-6-8-21-23(15-17)33-27(31-21)19-4-3-5-20(14-19)28-32-22-9-7-18(16-24(22)34-28)26(30)38-13-11-36-2/h3-9,14-16,29-30H,10-13H2,1-2H3,(H,31,33)(H,32,34). The number of nitrogens with zero attached hydrogens (tertiary/aromatic N) is 2. The van der Waals surface area contributed by atoms with Gasteiger partial charge in [0, 0.05) is 36.5 Å². The van der Waals surface area contributed by atoms with Crippen molar-refractivity contribution in [2.45, 2.75) is 0 Å². The molecule has 0 saturated carbocycles. The van der Waals surface area contributed by atoms with Gasteiger partial charge < -0.3 is 28.9 Å². The summed E-state index contributed by atoms with van der Waals surface area (Å²) in [7, 11) is 3.19. The van der Waals surface area contributed by atoms with Crippen LogP contribution in [0.4, 0.5) is 0 Å². The number of ether oxygens (including phenoxy) is 4. The molecule has 5 aromatic rings. The molecule has 0 saturated heterocycles. The third-order valence-electron chi connectivity index (χ3n) is 5.97. The molecule has 2 heterocycles.